The van der Waals surface area contributed by atoms with Crippen molar-refractivity contribution in [2.24, 2.45) is 0 Å². The van der Waals surface area contributed by atoms with Crippen LogP contribution in [0.3, 0.4) is 0 Å². The maximum Gasteiger partial charge on any atom is 0.344 e. The van der Waals surface area contributed by atoms with E-state index in [1.165, 1.54) is 32.1 Å². The highest BCUT2D eigenvalue weighted by Gasteiger charge is 2.18. The molecular weight excluding hydrogens is 252 g/mol. The van der Waals surface area contributed by atoms with Crippen molar-refractivity contribution in [1.82, 2.24) is 0 Å². The molecular formula is C17H26O3. The third kappa shape index (κ3) is 7.17. The van der Waals surface area contributed by atoms with E-state index in [9.17, 15) is 9.90 Å². The number of carboxylic acids is 1. The molecule has 0 radical (unpaired) electrons. The third-order valence-corrected chi connectivity index (χ3v) is 3.37. The Morgan fingerprint density at radius 2 is 1.65 bits per heavy atom. The summed E-state index contributed by atoms with van der Waals surface area (Å²) < 4.78 is 5.52. The second kappa shape index (κ2) is 10.3. The molecule has 0 aliphatic rings. The van der Waals surface area contributed by atoms with Crippen molar-refractivity contribution in [3.8, 4) is 5.75 Å². The molecule has 1 aromatic carbocycles. The average Bonchev–Trinajstić information content (AvgIpc) is 2.46. The molecule has 0 bridgehead atoms. The fraction of sp³-hybridized carbons (Fsp3) is 0.588. The number of unbranched alkanes of at least 4 members (excludes halogenated alkanes) is 6. The van der Waals surface area contributed by atoms with Gasteiger partial charge in [0.15, 0.2) is 6.10 Å². The van der Waals surface area contributed by atoms with Gasteiger partial charge in [0.2, 0.25) is 0 Å². The van der Waals surface area contributed by atoms with E-state index in [-0.39, 0.29) is 0 Å². The van der Waals surface area contributed by atoms with Gasteiger partial charge in [0.1, 0.15) is 5.75 Å². The quantitative estimate of drug-likeness (QED) is 0.599. The Morgan fingerprint density at radius 1 is 1.05 bits per heavy atom. The Kier molecular flexibility index (Phi) is 8.52. The first-order chi connectivity index (χ1) is 9.74. The predicted molar refractivity (Wildman–Crippen MR) is 81.1 cm³/mol. The zero-order chi connectivity index (χ0) is 14.6. The summed E-state index contributed by atoms with van der Waals surface area (Å²) in [4.78, 5) is 11.2. The van der Waals surface area contributed by atoms with Gasteiger partial charge in [-0.2, -0.15) is 0 Å². The topological polar surface area (TPSA) is 46.5 Å². The van der Waals surface area contributed by atoms with Crippen LogP contribution in [0, 0.1) is 0 Å². The smallest absolute Gasteiger partial charge is 0.344 e. The Balaban J connectivity index is 2.21. The molecule has 0 amide bonds. The molecule has 3 nitrogen and oxygen atoms in total. The van der Waals surface area contributed by atoms with Crippen molar-refractivity contribution in [2.45, 2.75) is 64.4 Å². The fourth-order valence-corrected chi connectivity index (χ4v) is 2.18. The van der Waals surface area contributed by atoms with Crippen LogP contribution >= 0.6 is 0 Å². The van der Waals surface area contributed by atoms with Crippen LogP contribution < -0.4 is 4.74 Å². The van der Waals surface area contributed by atoms with E-state index >= 15 is 0 Å². The summed E-state index contributed by atoms with van der Waals surface area (Å²) in [5, 5.41) is 9.18. The van der Waals surface area contributed by atoms with Crippen molar-refractivity contribution in [2.75, 3.05) is 0 Å². The van der Waals surface area contributed by atoms with Gasteiger partial charge in [-0.25, -0.2) is 4.79 Å². The summed E-state index contributed by atoms with van der Waals surface area (Å²) in [6.45, 7) is 2.21. The molecule has 0 aromatic heterocycles. The summed E-state index contributed by atoms with van der Waals surface area (Å²) in [5.41, 5.74) is 0. The SMILES string of the molecule is CCCCCCCCCC(Oc1ccccc1)C(=O)O. The van der Waals surface area contributed by atoms with E-state index < -0.39 is 12.1 Å². The summed E-state index contributed by atoms with van der Waals surface area (Å²) >= 11 is 0. The molecule has 20 heavy (non-hydrogen) atoms. The summed E-state index contributed by atoms with van der Waals surface area (Å²) in [5.74, 6) is -0.248. The van der Waals surface area contributed by atoms with Gasteiger partial charge in [0.25, 0.3) is 0 Å². The number of ether oxygens (including phenoxy) is 1. The fourth-order valence-electron chi connectivity index (χ4n) is 2.18. The first-order valence-corrected chi connectivity index (χ1v) is 7.68. The number of aliphatic carboxylic acids is 1. The van der Waals surface area contributed by atoms with Gasteiger partial charge >= 0.3 is 5.97 Å². The highest BCUT2D eigenvalue weighted by molar-refractivity contribution is 5.72. The average molecular weight is 278 g/mol. The number of hydrogen-bond donors (Lipinski definition) is 1. The van der Waals surface area contributed by atoms with Gasteiger partial charge in [0, 0.05) is 0 Å². The zero-order valence-corrected chi connectivity index (χ0v) is 12.4. The molecule has 0 fully saturated rings. The highest BCUT2D eigenvalue weighted by atomic mass is 16.5. The summed E-state index contributed by atoms with van der Waals surface area (Å²) in [7, 11) is 0. The van der Waals surface area contributed by atoms with Crippen LogP contribution in [-0.4, -0.2) is 17.2 Å². The van der Waals surface area contributed by atoms with Crippen LogP contribution in [0.15, 0.2) is 30.3 Å². The lowest BCUT2D eigenvalue weighted by Gasteiger charge is -2.14. The van der Waals surface area contributed by atoms with Crippen molar-refractivity contribution < 1.29 is 14.6 Å². The van der Waals surface area contributed by atoms with E-state index in [1.807, 2.05) is 18.2 Å². The Hall–Kier alpha value is -1.51. The second-order valence-electron chi connectivity index (χ2n) is 5.17. The number of hydrogen-bond acceptors (Lipinski definition) is 2. The largest absolute Gasteiger partial charge is 0.479 e. The van der Waals surface area contributed by atoms with Crippen LogP contribution in [0.2, 0.25) is 0 Å². The Bertz CT molecular complexity index is 362. The first kappa shape index (κ1) is 16.5. The van der Waals surface area contributed by atoms with Gasteiger partial charge in [-0.3, -0.25) is 0 Å². The molecule has 1 unspecified atom stereocenters. The van der Waals surface area contributed by atoms with E-state index in [0.29, 0.717) is 12.2 Å². The number of carbonyl (C=O) groups is 1. The second-order valence-corrected chi connectivity index (χ2v) is 5.17. The van der Waals surface area contributed by atoms with E-state index in [1.54, 1.807) is 12.1 Å². The molecule has 0 saturated heterocycles. The molecule has 3 heteroatoms. The molecule has 0 aliphatic carbocycles. The van der Waals surface area contributed by atoms with Crippen molar-refractivity contribution in [3.05, 3.63) is 30.3 Å². The molecule has 1 atom stereocenters. The van der Waals surface area contributed by atoms with Crippen LogP contribution in [0.5, 0.6) is 5.75 Å². The maximum absolute atomic E-state index is 11.2. The minimum Gasteiger partial charge on any atom is -0.479 e. The molecule has 112 valence electrons. The number of carboxylic acid groups (broad SMARTS) is 1. The van der Waals surface area contributed by atoms with E-state index in [2.05, 4.69) is 6.92 Å². The third-order valence-electron chi connectivity index (χ3n) is 3.37. The lowest BCUT2D eigenvalue weighted by atomic mass is 10.1. The lowest BCUT2D eigenvalue weighted by Crippen LogP contribution is -2.26. The maximum atomic E-state index is 11.2. The molecule has 1 aromatic rings. The zero-order valence-electron chi connectivity index (χ0n) is 12.4. The minimum atomic E-state index is -0.875. The van der Waals surface area contributed by atoms with Crippen LogP contribution in [-0.2, 0) is 4.79 Å². The summed E-state index contributed by atoms with van der Waals surface area (Å²) in [6.07, 6.45) is 8.15. The molecule has 0 aliphatic heterocycles. The number of rotatable bonds is 11. The number of para-hydroxylation sites is 1. The van der Waals surface area contributed by atoms with Crippen LogP contribution in [0.1, 0.15) is 58.3 Å². The standard InChI is InChI=1S/C17H26O3/c1-2-3-4-5-6-7-11-14-16(17(18)19)20-15-12-9-8-10-13-15/h8-10,12-13,16H,2-7,11,14H2,1H3,(H,18,19). The highest BCUT2D eigenvalue weighted by Crippen LogP contribution is 2.16. The van der Waals surface area contributed by atoms with E-state index in [0.717, 1.165) is 12.8 Å². The summed E-state index contributed by atoms with van der Waals surface area (Å²) in [6, 6.07) is 9.17. The first-order valence-electron chi connectivity index (χ1n) is 7.68. The van der Waals surface area contributed by atoms with Crippen molar-refractivity contribution in [3.63, 3.8) is 0 Å². The normalized spacial score (nSPS) is 12.1. The molecule has 0 heterocycles. The van der Waals surface area contributed by atoms with Gasteiger partial charge in [0.05, 0.1) is 0 Å². The van der Waals surface area contributed by atoms with E-state index in [4.69, 9.17) is 4.74 Å². The van der Waals surface area contributed by atoms with Crippen LogP contribution in [0.25, 0.3) is 0 Å². The van der Waals surface area contributed by atoms with Gasteiger partial charge < -0.3 is 9.84 Å². The van der Waals surface area contributed by atoms with Gasteiger partial charge in [-0.05, 0) is 25.0 Å². The number of benzene rings is 1. The Labute approximate surface area is 122 Å². The van der Waals surface area contributed by atoms with Crippen molar-refractivity contribution in [1.29, 1.82) is 0 Å². The molecule has 0 saturated carbocycles. The van der Waals surface area contributed by atoms with Gasteiger partial charge in [-0.1, -0.05) is 63.6 Å². The van der Waals surface area contributed by atoms with Crippen molar-refractivity contribution >= 4 is 5.97 Å². The molecule has 0 spiro atoms. The molecule has 1 rings (SSSR count). The monoisotopic (exact) mass is 278 g/mol. The predicted octanol–water partition coefficient (Wildman–Crippen LogP) is 4.66. The van der Waals surface area contributed by atoms with Crippen LogP contribution in [0.4, 0.5) is 0 Å². The molecule has 1 N–H and O–H groups in total. The minimum absolute atomic E-state index is 0.581. The van der Waals surface area contributed by atoms with Gasteiger partial charge in [-0.15, -0.1) is 0 Å². The Morgan fingerprint density at radius 3 is 2.25 bits per heavy atom. The lowest BCUT2D eigenvalue weighted by molar-refractivity contribution is -0.145.